The van der Waals surface area contributed by atoms with Crippen LogP contribution in [0.15, 0.2) is 54.9 Å². The van der Waals surface area contributed by atoms with Crippen molar-refractivity contribution < 1.29 is 14.3 Å². The lowest BCUT2D eigenvalue weighted by molar-refractivity contribution is -0.128. The van der Waals surface area contributed by atoms with Crippen molar-refractivity contribution in [2.75, 3.05) is 25.0 Å². The van der Waals surface area contributed by atoms with E-state index in [9.17, 15) is 4.79 Å². The van der Waals surface area contributed by atoms with Crippen LogP contribution in [0.2, 0.25) is 0 Å². The number of morpholine rings is 1. The van der Waals surface area contributed by atoms with Crippen LogP contribution >= 0.6 is 0 Å². The third-order valence-corrected chi connectivity index (χ3v) is 4.12. The number of ether oxygens (including phenoxy) is 2. The summed E-state index contributed by atoms with van der Waals surface area (Å²) in [7, 11) is 0. The van der Waals surface area contributed by atoms with Gasteiger partial charge in [0, 0.05) is 37.2 Å². The van der Waals surface area contributed by atoms with Crippen LogP contribution in [-0.2, 0) is 16.1 Å². The molecule has 1 amide bonds. The van der Waals surface area contributed by atoms with Gasteiger partial charge in [-0.15, -0.1) is 0 Å². The Kier molecular flexibility index (Phi) is 4.81. The molecule has 7 heteroatoms. The summed E-state index contributed by atoms with van der Waals surface area (Å²) in [5, 5.41) is 6.01. The molecule has 3 heterocycles. The Labute approximate surface area is 150 Å². The molecule has 134 valence electrons. The van der Waals surface area contributed by atoms with Gasteiger partial charge in [0.1, 0.15) is 24.1 Å². The zero-order valence-corrected chi connectivity index (χ0v) is 14.2. The number of anilines is 1. The van der Waals surface area contributed by atoms with Crippen molar-refractivity contribution in [2.24, 2.45) is 0 Å². The first-order valence-corrected chi connectivity index (χ1v) is 8.56. The molecule has 1 atom stereocenters. The highest BCUT2D eigenvalue weighted by atomic mass is 16.5. The third kappa shape index (κ3) is 3.84. The number of nitrogens with one attached hydrogen (secondary N) is 2. The maximum absolute atomic E-state index is 12.2. The summed E-state index contributed by atoms with van der Waals surface area (Å²) in [6.45, 7) is 2.20. The maximum atomic E-state index is 12.2. The largest absolute Gasteiger partial charge is 0.487 e. The standard InChI is InChI=1S/C19H20N4O3/c24-19(17-11-20-7-9-25-17)22-14-4-3-5-16(10-14)26-13-15-12-23-8-2-1-6-18(23)21-15/h1-6,8,10,12,17,20H,7,9,11,13H2,(H,22,24)/t17-/m1/s1. The summed E-state index contributed by atoms with van der Waals surface area (Å²) in [6, 6.07) is 13.2. The number of hydrogen-bond donors (Lipinski definition) is 2. The topological polar surface area (TPSA) is 76.9 Å². The van der Waals surface area contributed by atoms with Crippen LogP contribution in [0.5, 0.6) is 5.75 Å². The molecule has 4 rings (SSSR count). The number of carbonyl (C=O) groups is 1. The van der Waals surface area contributed by atoms with Crippen LogP contribution in [0, 0.1) is 0 Å². The Balaban J connectivity index is 1.38. The number of hydrogen-bond acceptors (Lipinski definition) is 5. The fourth-order valence-corrected chi connectivity index (χ4v) is 2.83. The lowest BCUT2D eigenvalue weighted by atomic mass is 10.2. The zero-order valence-electron chi connectivity index (χ0n) is 14.2. The monoisotopic (exact) mass is 352 g/mol. The predicted molar refractivity (Wildman–Crippen MR) is 97.2 cm³/mol. The number of pyridine rings is 1. The van der Waals surface area contributed by atoms with Crippen molar-refractivity contribution in [2.45, 2.75) is 12.7 Å². The van der Waals surface area contributed by atoms with Crippen molar-refractivity contribution in [3.63, 3.8) is 0 Å². The zero-order chi connectivity index (χ0) is 17.8. The van der Waals surface area contributed by atoms with Gasteiger partial charge in [-0.25, -0.2) is 4.98 Å². The fraction of sp³-hybridized carbons (Fsp3) is 0.263. The molecule has 0 saturated carbocycles. The molecular formula is C19H20N4O3. The molecule has 7 nitrogen and oxygen atoms in total. The van der Waals surface area contributed by atoms with Gasteiger partial charge in [-0.05, 0) is 24.3 Å². The summed E-state index contributed by atoms with van der Waals surface area (Å²) >= 11 is 0. The number of amides is 1. The molecule has 0 bridgehead atoms. The molecule has 3 aromatic rings. The van der Waals surface area contributed by atoms with E-state index in [0.717, 1.165) is 17.9 Å². The van der Waals surface area contributed by atoms with Gasteiger partial charge in [-0.1, -0.05) is 12.1 Å². The fourth-order valence-electron chi connectivity index (χ4n) is 2.83. The van der Waals surface area contributed by atoms with Gasteiger partial charge in [0.2, 0.25) is 0 Å². The molecule has 0 radical (unpaired) electrons. The predicted octanol–water partition coefficient (Wildman–Crippen LogP) is 1.84. The molecule has 1 aliphatic rings. The van der Waals surface area contributed by atoms with Crippen LogP contribution in [0.25, 0.3) is 5.65 Å². The van der Waals surface area contributed by atoms with Gasteiger partial charge in [0.05, 0.1) is 12.3 Å². The lowest BCUT2D eigenvalue weighted by Crippen LogP contribution is -2.45. The summed E-state index contributed by atoms with van der Waals surface area (Å²) in [5.41, 5.74) is 2.40. The van der Waals surface area contributed by atoms with Gasteiger partial charge < -0.3 is 24.5 Å². The highest BCUT2D eigenvalue weighted by molar-refractivity contribution is 5.94. The quantitative estimate of drug-likeness (QED) is 0.733. The van der Waals surface area contributed by atoms with E-state index in [0.29, 0.717) is 31.2 Å². The average molecular weight is 352 g/mol. The number of carbonyl (C=O) groups excluding carboxylic acids is 1. The van der Waals surface area contributed by atoms with Crippen molar-refractivity contribution >= 4 is 17.2 Å². The smallest absolute Gasteiger partial charge is 0.254 e. The number of benzene rings is 1. The Morgan fingerprint density at radius 2 is 2.31 bits per heavy atom. The molecular weight excluding hydrogens is 332 g/mol. The Hall–Kier alpha value is -2.90. The molecule has 2 N–H and O–H groups in total. The van der Waals surface area contributed by atoms with E-state index in [1.54, 1.807) is 6.07 Å². The van der Waals surface area contributed by atoms with Crippen molar-refractivity contribution in [3.05, 3.63) is 60.6 Å². The highest BCUT2D eigenvalue weighted by Crippen LogP contribution is 2.19. The summed E-state index contributed by atoms with van der Waals surface area (Å²) < 4.78 is 13.2. The minimum atomic E-state index is -0.466. The van der Waals surface area contributed by atoms with Crippen LogP contribution in [0.3, 0.4) is 0 Å². The molecule has 1 aromatic carbocycles. The van der Waals surface area contributed by atoms with Crippen molar-refractivity contribution in [1.29, 1.82) is 0 Å². The van der Waals surface area contributed by atoms with Crippen molar-refractivity contribution in [1.82, 2.24) is 14.7 Å². The van der Waals surface area contributed by atoms with Crippen LogP contribution < -0.4 is 15.4 Å². The lowest BCUT2D eigenvalue weighted by Gasteiger charge is -2.22. The molecule has 2 aromatic heterocycles. The molecule has 1 fully saturated rings. The van der Waals surface area contributed by atoms with Crippen molar-refractivity contribution in [3.8, 4) is 5.75 Å². The first-order valence-electron chi connectivity index (χ1n) is 8.56. The van der Waals surface area contributed by atoms with Gasteiger partial charge in [0.15, 0.2) is 0 Å². The molecule has 1 aliphatic heterocycles. The van der Waals surface area contributed by atoms with E-state index >= 15 is 0 Å². The number of aromatic nitrogens is 2. The summed E-state index contributed by atoms with van der Waals surface area (Å²) in [4.78, 5) is 16.7. The third-order valence-electron chi connectivity index (χ3n) is 4.12. The number of nitrogens with zero attached hydrogens (tertiary/aromatic N) is 2. The van der Waals surface area contributed by atoms with E-state index < -0.39 is 6.10 Å². The number of imidazole rings is 1. The average Bonchev–Trinajstić information content (AvgIpc) is 3.10. The second-order valence-corrected chi connectivity index (χ2v) is 6.07. The van der Waals surface area contributed by atoms with E-state index in [4.69, 9.17) is 9.47 Å². The minimum Gasteiger partial charge on any atom is -0.487 e. The number of rotatable bonds is 5. The Morgan fingerprint density at radius 1 is 1.35 bits per heavy atom. The second-order valence-electron chi connectivity index (χ2n) is 6.07. The normalized spacial score (nSPS) is 17.2. The van der Waals surface area contributed by atoms with E-state index in [1.165, 1.54) is 0 Å². The van der Waals surface area contributed by atoms with E-state index in [1.807, 2.05) is 53.2 Å². The number of fused-ring (bicyclic) bond motifs is 1. The van der Waals surface area contributed by atoms with Crippen LogP contribution in [0.1, 0.15) is 5.69 Å². The summed E-state index contributed by atoms with van der Waals surface area (Å²) in [6.07, 6.45) is 3.42. The Bertz CT molecular complexity index is 869. The molecule has 1 saturated heterocycles. The molecule has 26 heavy (non-hydrogen) atoms. The Morgan fingerprint density at radius 3 is 3.15 bits per heavy atom. The van der Waals surface area contributed by atoms with Gasteiger partial charge in [-0.3, -0.25) is 4.79 Å². The molecule has 0 spiro atoms. The summed E-state index contributed by atoms with van der Waals surface area (Å²) in [5.74, 6) is 0.511. The maximum Gasteiger partial charge on any atom is 0.254 e. The second kappa shape index (κ2) is 7.55. The van der Waals surface area contributed by atoms with Gasteiger partial charge >= 0.3 is 0 Å². The van der Waals surface area contributed by atoms with E-state index in [-0.39, 0.29) is 5.91 Å². The van der Waals surface area contributed by atoms with Crippen LogP contribution in [-0.4, -0.2) is 41.1 Å². The minimum absolute atomic E-state index is 0.158. The van der Waals surface area contributed by atoms with Gasteiger partial charge in [-0.2, -0.15) is 0 Å². The van der Waals surface area contributed by atoms with Crippen LogP contribution in [0.4, 0.5) is 5.69 Å². The molecule has 0 aliphatic carbocycles. The SMILES string of the molecule is O=C(Nc1cccc(OCc2cn3ccccc3n2)c1)[C@H]1CNCCO1. The van der Waals surface area contributed by atoms with E-state index in [2.05, 4.69) is 15.6 Å². The molecule has 0 unspecified atom stereocenters. The van der Waals surface area contributed by atoms with Gasteiger partial charge in [0.25, 0.3) is 5.91 Å². The highest BCUT2D eigenvalue weighted by Gasteiger charge is 2.21. The first-order chi connectivity index (χ1) is 12.8. The first kappa shape index (κ1) is 16.6.